The third-order valence-corrected chi connectivity index (χ3v) is 1.96. The molecule has 2 aromatic rings. The number of aryl methyl sites for hydroxylation is 1. The molecule has 0 aromatic heterocycles. The average Bonchev–Trinajstić information content (AvgIpc) is 2.33. The first-order valence-corrected chi connectivity index (χ1v) is 5.38. The molecule has 0 atom stereocenters. The molecular weight excluding hydrogens is 214 g/mol. The van der Waals surface area contributed by atoms with E-state index in [1.807, 2.05) is 48.5 Å². The van der Waals surface area contributed by atoms with Crippen LogP contribution in [-0.4, -0.2) is 5.16 Å². The first-order chi connectivity index (χ1) is 7.83. The standard InChI is InChI=1S/C7H5NS.C7H8/c9-6-8-7-4-2-1-3-5-7;1-7-5-3-2-4-6-7/h1-5H;2-6H,1H3. The Morgan fingerprint density at radius 1 is 0.875 bits per heavy atom. The normalized spacial score (nSPS) is 8.31. The van der Waals surface area contributed by atoms with Gasteiger partial charge in [-0.05, 0) is 31.3 Å². The monoisotopic (exact) mass is 227 g/mol. The van der Waals surface area contributed by atoms with Crippen LogP contribution in [0, 0.1) is 6.92 Å². The Morgan fingerprint density at radius 3 is 1.75 bits per heavy atom. The molecule has 0 aliphatic carbocycles. The molecule has 0 aliphatic rings. The lowest BCUT2D eigenvalue weighted by Crippen LogP contribution is -1.62. The summed E-state index contributed by atoms with van der Waals surface area (Å²) in [6, 6.07) is 19.8. The Bertz CT molecular complexity index is 445. The first kappa shape index (κ1) is 12.3. The van der Waals surface area contributed by atoms with Crippen molar-refractivity contribution in [3.8, 4) is 0 Å². The lowest BCUT2D eigenvalue weighted by Gasteiger charge is -1.83. The zero-order valence-corrected chi connectivity index (χ0v) is 9.95. The lowest BCUT2D eigenvalue weighted by molar-refractivity contribution is 1.48. The zero-order valence-electron chi connectivity index (χ0n) is 9.13. The van der Waals surface area contributed by atoms with Gasteiger partial charge in [0.1, 0.15) is 0 Å². The SMILES string of the molecule is Cc1ccccc1.S=C=Nc1ccccc1. The molecule has 0 saturated heterocycles. The van der Waals surface area contributed by atoms with Gasteiger partial charge in [0.15, 0.2) is 0 Å². The van der Waals surface area contributed by atoms with Crippen LogP contribution in [0.4, 0.5) is 5.69 Å². The maximum Gasteiger partial charge on any atom is 0.0739 e. The Morgan fingerprint density at radius 2 is 1.38 bits per heavy atom. The molecule has 0 unspecified atom stereocenters. The largest absolute Gasteiger partial charge is 0.195 e. The van der Waals surface area contributed by atoms with Crippen molar-refractivity contribution in [1.82, 2.24) is 0 Å². The number of hydrogen-bond acceptors (Lipinski definition) is 2. The summed E-state index contributed by atoms with van der Waals surface area (Å²) in [5, 5.41) is 2.29. The van der Waals surface area contributed by atoms with Crippen LogP contribution in [-0.2, 0) is 0 Å². The highest BCUT2D eigenvalue weighted by atomic mass is 32.1. The van der Waals surface area contributed by atoms with Crippen molar-refractivity contribution in [2.24, 2.45) is 4.99 Å². The van der Waals surface area contributed by atoms with Crippen molar-refractivity contribution in [3.05, 3.63) is 66.2 Å². The van der Waals surface area contributed by atoms with E-state index >= 15 is 0 Å². The van der Waals surface area contributed by atoms with Gasteiger partial charge in [-0.15, -0.1) is 0 Å². The third-order valence-electron chi connectivity index (χ3n) is 1.87. The van der Waals surface area contributed by atoms with Gasteiger partial charge in [0.25, 0.3) is 0 Å². The molecular formula is C14H13NS. The molecule has 1 nitrogen and oxygen atoms in total. The van der Waals surface area contributed by atoms with Crippen molar-refractivity contribution < 1.29 is 0 Å². The molecule has 2 rings (SSSR count). The van der Waals surface area contributed by atoms with Gasteiger partial charge < -0.3 is 0 Å². The van der Waals surface area contributed by atoms with E-state index in [1.165, 1.54) is 5.56 Å². The van der Waals surface area contributed by atoms with Crippen molar-refractivity contribution in [2.75, 3.05) is 0 Å². The summed E-state index contributed by atoms with van der Waals surface area (Å²) in [4.78, 5) is 3.77. The highest BCUT2D eigenvalue weighted by Crippen LogP contribution is 2.07. The molecule has 0 heterocycles. The quantitative estimate of drug-likeness (QED) is 0.519. The maximum atomic E-state index is 4.42. The fourth-order valence-corrected chi connectivity index (χ4v) is 1.20. The van der Waals surface area contributed by atoms with Crippen LogP contribution in [0.15, 0.2) is 65.7 Å². The van der Waals surface area contributed by atoms with Gasteiger partial charge in [0.2, 0.25) is 0 Å². The molecule has 0 spiro atoms. The van der Waals surface area contributed by atoms with Crippen LogP contribution in [0.3, 0.4) is 0 Å². The molecule has 16 heavy (non-hydrogen) atoms. The summed E-state index contributed by atoms with van der Waals surface area (Å²) in [5.41, 5.74) is 2.18. The Hall–Kier alpha value is -1.76. The topological polar surface area (TPSA) is 12.4 Å². The van der Waals surface area contributed by atoms with Crippen LogP contribution in [0.2, 0.25) is 0 Å². The van der Waals surface area contributed by atoms with E-state index in [-0.39, 0.29) is 0 Å². The van der Waals surface area contributed by atoms with Gasteiger partial charge in [-0.25, -0.2) is 0 Å². The van der Waals surface area contributed by atoms with Crippen LogP contribution < -0.4 is 0 Å². The van der Waals surface area contributed by atoms with E-state index in [4.69, 9.17) is 0 Å². The molecule has 0 aliphatic heterocycles. The smallest absolute Gasteiger partial charge is 0.0739 e. The number of para-hydroxylation sites is 1. The molecule has 0 bridgehead atoms. The van der Waals surface area contributed by atoms with Gasteiger partial charge >= 0.3 is 0 Å². The van der Waals surface area contributed by atoms with E-state index in [2.05, 4.69) is 41.4 Å². The Kier molecular flexibility index (Phi) is 5.79. The summed E-state index contributed by atoms with van der Waals surface area (Å²) in [5.74, 6) is 0. The molecule has 0 radical (unpaired) electrons. The summed E-state index contributed by atoms with van der Waals surface area (Å²) >= 11 is 4.42. The molecule has 2 heteroatoms. The zero-order chi connectivity index (χ0) is 11.6. The number of aliphatic imine (C=N–C) groups is 1. The van der Waals surface area contributed by atoms with Crippen LogP contribution in [0.5, 0.6) is 0 Å². The minimum absolute atomic E-state index is 0.854. The fourth-order valence-electron chi connectivity index (χ4n) is 1.09. The number of thiocarbonyl (C=S) groups is 1. The van der Waals surface area contributed by atoms with Crippen LogP contribution in [0.1, 0.15) is 5.56 Å². The van der Waals surface area contributed by atoms with Crippen molar-refractivity contribution in [3.63, 3.8) is 0 Å². The van der Waals surface area contributed by atoms with E-state index in [0.717, 1.165) is 5.69 Å². The second-order valence-electron chi connectivity index (χ2n) is 3.19. The van der Waals surface area contributed by atoms with Gasteiger partial charge in [0.05, 0.1) is 10.8 Å². The maximum absolute atomic E-state index is 4.42. The van der Waals surface area contributed by atoms with Gasteiger partial charge in [-0.1, -0.05) is 54.1 Å². The molecule has 0 N–H and O–H groups in total. The number of isothiocyanates is 1. The fraction of sp³-hybridized carbons (Fsp3) is 0.0714. The summed E-state index contributed by atoms with van der Waals surface area (Å²) in [7, 11) is 0. The molecule has 0 amide bonds. The number of nitrogens with zero attached hydrogens (tertiary/aromatic N) is 1. The van der Waals surface area contributed by atoms with E-state index in [9.17, 15) is 0 Å². The summed E-state index contributed by atoms with van der Waals surface area (Å²) in [6.07, 6.45) is 0. The average molecular weight is 227 g/mol. The van der Waals surface area contributed by atoms with Gasteiger partial charge in [-0.3, -0.25) is 0 Å². The lowest BCUT2D eigenvalue weighted by atomic mass is 10.2. The molecule has 2 aromatic carbocycles. The van der Waals surface area contributed by atoms with Crippen LogP contribution >= 0.6 is 12.2 Å². The van der Waals surface area contributed by atoms with E-state index < -0.39 is 0 Å². The van der Waals surface area contributed by atoms with Gasteiger partial charge in [0, 0.05) is 0 Å². The molecule has 80 valence electrons. The van der Waals surface area contributed by atoms with E-state index in [1.54, 1.807) is 0 Å². The second kappa shape index (κ2) is 7.52. The molecule has 0 fully saturated rings. The molecule has 0 saturated carbocycles. The Balaban J connectivity index is 0.000000165. The van der Waals surface area contributed by atoms with Crippen molar-refractivity contribution in [2.45, 2.75) is 6.92 Å². The van der Waals surface area contributed by atoms with Crippen molar-refractivity contribution in [1.29, 1.82) is 0 Å². The number of rotatable bonds is 1. The summed E-state index contributed by atoms with van der Waals surface area (Å²) in [6.45, 7) is 2.08. The van der Waals surface area contributed by atoms with Crippen molar-refractivity contribution >= 4 is 23.1 Å². The second-order valence-corrected chi connectivity index (χ2v) is 3.38. The number of hydrogen-bond donors (Lipinski definition) is 0. The first-order valence-electron chi connectivity index (χ1n) is 4.97. The number of benzene rings is 2. The van der Waals surface area contributed by atoms with E-state index in [0.29, 0.717) is 0 Å². The van der Waals surface area contributed by atoms with Gasteiger partial charge in [-0.2, -0.15) is 4.99 Å². The predicted molar refractivity (Wildman–Crippen MR) is 72.3 cm³/mol. The van der Waals surface area contributed by atoms with Crippen LogP contribution in [0.25, 0.3) is 0 Å². The highest BCUT2D eigenvalue weighted by molar-refractivity contribution is 7.78. The predicted octanol–water partition coefficient (Wildman–Crippen LogP) is 4.42. The minimum Gasteiger partial charge on any atom is -0.195 e. The Labute approximate surface area is 101 Å². The minimum atomic E-state index is 0.854. The highest BCUT2D eigenvalue weighted by Gasteiger charge is 1.79. The third kappa shape index (κ3) is 5.20. The summed E-state index contributed by atoms with van der Waals surface area (Å²) < 4.78 is 0.